The number of carbonyl (C=O) groups is 2. The number of rotatable bonds is 2. The van der Waals surface area contributed by atoms with Gasteiger partial charge in [0, 0.05) is 11.1 Å². The van der Waals surface area contributed by atoms with Gasteiger partial charge < -0.3 is 0 Å². The predicted octanol–water partition coefficient (Wildman–Crippen LogP) is 2.38. The average Bonchev–Trinajstić information content (AvgIpc) is 2.45. The van der Waals surface area contributed by atoms with Crippen molar-refractivity contribution in [2.45, 2.75) is 13.8 Å². The molecule has 2 aromatic carbocycles. The Labute approximate surface area is 117 Å². The summed E-state index contributed by atoms with van der Waals surface area (Å²) < 4.78 is 0. The third-order valence-electron chi connectivity index (χ3n) is 2.95. The highest BCUT2D eigenvalue weighted by Gasteiger charge is 2.10. The van der Waals surface area contributed by atoms with Crippen molar-refractivity contribution in [2.24, 2.45) is 0 Å². The Hall–Kier alpha value is -2.62. The normalized spacial score (nSPS) is 9.90. The number of benzene rings is 2. The van der Waals surface area contributed by atoms with Crippen LogP contribution in [0.4, 0.5) is 0 Å². The minimum Gasteiger partial charge on any atom is -0.267 e. The zero-order chi connectivity index (χ0) is 14.5. The summed E-state index contributed by atoms with van der Waals surface area (Å²) in [6, 6.07) is 14.2. The van der Waals surface area contributed by atoms with Gasteiger partial charge in [0.25, 0.3) is 11.8 Å². The number of hydrazine groups is 1. The summed E-state index contributed by atoms with van der Waals surface area (Å²) in [6.07, 6.45) is 0. The molecule has 0 spiro atoms. The Morgan fingerprint density at radius 1 is 0.850 bits per heavy atom. The van der Waals surface area contributed by atoms with Crippen LogP contribution in [0.25, 0.3) is 0 Å². The van der Waals surface area contributed by atoms with Crippen LogP contribution in [0.5, 0.6) is 0 Å². The van der Waals surface area contributed by atoms with E-state index < -0.39 is 0 Å². The summed E-state index contributed by atoms with van der Waals surface area (Å²) in [6.45, 7) is 3.83. The molecule has 0 aliphatic rings. The molecule has 20 heavy (non-hydrogen) atoms. The molecule has 0 saturated heterocycles. The summed E-state index contributed by atoms with van der Waals surface area (Å²) in [7, 11) is 0. The first-order chi connectivity index (χ1) is 9.58. The SMILES string of the molecule is Cc1ccc(C(=O)NNC(=O)c2ccccc2)c(C)c1. The van der Waals surface area contributed by atoms with Gasteiger partial charge in [-0.2, -0.15) is 0 Å². The van der Waals surface area contributed by atoms with Crippen molar-refractivity contribution in [2.75, 3.05) is 0 Å². The Morgan fingerprint density at radius 3 is 2.15 bits per heavy atom. The van der Waals surface area contributed by atoms with Gasteiger partial charge in [-0.05, 0) is 37.6 Å². The summed E-state index contributed by atoms with van der Waals surface area (Å²) in [5.41, 5.74) is 7.82. The number of hydrogen-bond donors (Lipinski definition) is 2. The lowest BCUT2D eigenvalue weighted by Crippen LogP contribution is -2.41. The lowest BCUT2D eigenvalue weighted by atomic mass is 10.1. The minimum atomic E-state index is -0.344. The fraction of sp³-hybridized carbons (Fsp3) is 0.125. The van der Waals surface area contributed by atoms with Crippen LogP contribution < -0.4 is 10.9 Å². The molecule has 2 aromatic rings. The molecule has 0 aliphatic heterocycles. The van der Waals surface area contributed by atoms with E-state index in [1.54, 1.807) is 30.3 Å². The fourth-order valence-corrected chi connectivity index (χ4v) is 1.91. The van der Waals surface area contributed by atoms with Crippen LogP contribution in [0, 0.1) is 13.8 Å². The van der Waals surface area contributed by atoms with E-state index in [9.17, 15) is 9.59 Å². The number of carbonyl (C=O) groups excluding carboxylic acids is 2. The first-order valence-electron chi connectivity index (χ1n) is 6.31. The van der Waals surface area contributed by atoms with E-state index in [0.29, 0.717) is 11.1 Å². The number of hydrogen-bond acceptors (Lipinski definition) is 2. The van der Waals surface area contributed by atoms with Crippen molar-refractivity contribution in [1.29, 1.82) is 0 Å². The van der Waals surface area contributed by atoms with Crippen molar-refractivity contribution in [3.05, 3.63) is 70.8 Å². The van der Waals surface area contributed by atoms with E-state index in [1.807, 2.05) is 32.0 Å². The van der Waals surface area contributed by atoms with E-state index in [1.165, 1.54) is 0 Å². The van der Waals surface area contributed by atoms with Gasteiger partial charge in [-0.25, -0.2) is 0 Å². The second-order valence-electron chi connectivity index (χ2n) is 4.59. The third-order valence-corrected chi connectivity index (χ3v) is 2.95. The standard InChI is InChI=1S/C16H16N2O2/c1-11-8-9-14(12(2)10-11)16(20)18-17-15(19)13-6-4-3-5-7-13/h3-10H,1-2H3,(H,17,19)(H,18,20). The van der Waals surface area contributed by atoms with Gasteiger partial charge in [0.2, 0.25) is 0 Å². The Bertz CT molecular complexity index is 636. The highest BCUT2D eigenvalue weighted by Crippen LogP contribution is 2.10. The Balaban J connectivity index is 2.00. The molecule has 102 valence electrons. The molecule has 0 aromatic heterocycles. The average molecular weight is 268 g/mol. The predicted molar refractivity (Wildman–Crippen MR) is 77.3 cm³/mol. The van der Waals surface area contributed by atoms with Crippen molar-refractivity contribution < 1.29 is 9.59 Å². The molecule has 2 rings (SSSR count). The van der Waals surface area contributed by atoms with Gasteiger partial charge in [0.15, 0.2) is 0 Å². The molecule has 0 fully saturated rings. The maximum Gasteiger partial charge on any atom is 0.269 e. The van der Waals surface area contributed by atoms with Gasteiger partial charge in [0.1, 0.15) is 0 Å². The van der Waals surface area contributed by atoms with Crippen molar-refractivity contribution in [3.8, 4) is 0 Å². The van der Waals surface area contributed by atoms with Crippen molar-refractivity contribution in [1.82, 2.24) is 10.9 Å². The second kappa shape index (κ2) is 6.02. The molecule has 0 unspecified atom stereocenters. The topological polar surface area (TPSA) is 58.2 Å². The first-order valence-corrected chi connectivity index (χ1v) is 6.31. The van der Waals surface area contributed by atoms with E-state index >= 15 is 0 Å². The van der Waals surface area contributed by atoms with Gasteiger partial charge in [-0.15, -0.1) is 0 Å². The molecule has 4 nitrogen and oxygen atoms in total. The van der Waals surface area contributed by atoms with Gasteiger partial charge in [0.05, 0.1) is 0 Å². The van der Waals surface area contributed by atoms with Crippen LogP contribution in [0.2, 0.25) is 0 Å². The lowest BCUT2D eigenvalue weighted by molar-refractivity contribution is 0.0846. The number of nitrogens with one attached hydrogen (secondary N) is 2. The Morgan fingerprint density at radius 2 is 1.50 bits per heavy atom. The van der Waals surface area contributed by atoms with Gasteiger partial charge >= 0.3 is 0 Å². The molecule has 0 saturated carbocycles. The van der Waals surface area contributed by atoms with E-state index in [2.05, 4.69) is 10.9 Å². The second-order valence-corrected chi connectivity index (χ2v) is 4.59. The zero-order valence-corrected chi connectivity index (χ0v) is 11.4. The lowest BCUT2D eigenvalue weighted by Gasteiger charge is -2.09. The van der Waals surface area contributed by atoms with E-state index in [4.69, 9.17) is 0 Å². The highest BCUT2D eigenvalue weighted by atomic mass is 16.2. The molecule has 0 atom stereocenters. The summed E-state index contributed by atoms with van der Waals surface area (Å²) in [4.78, 5) is 23.8. The van der Waals surface area contributed by atoms with Crippen molar-refractivity contribution >= 4 is 11.8 Å². The fourth-order valence-electron chi connectivity index (χ4n) is 1.91. The van der Waals surface area contributed by atoms with Crippen LogP contribution in [-0.2, 0) is 0 Å². The summed E-state index contributed by atoms with van der Waals surface area (Å²) >= 11 is 0. The van der Waals surface area contributed by atoms with Crippen LogP contribution in [-0.4, -0.2) is 11.8 Å². The highest BCUT2D eigenvalue weighted by molar-refractivity contribution is 5.99. The van der Waals surface area contributed by atoms with Crippen LogP contribution >= 0.6 is 0 Å². The first kappa shape index (κ1) is 13.8. The van der Waals surface area contributed by atoms with Crippen molar-refractivity contribution in [3.63, 3.8) is 0 Å². The van der Waals surface area contributed by atoms with Gasteiger partial charge in [-0.1, -0.05) is 35.9 Å². The largest absolute Gasteiger partial charge is 0.269 e. The molecular weight excluding hydrogens is 252 g/mol. The summed E-state index contributed by atoms with van der Waals surface area (Å²) in [5, 5.41) is 0. The molecular formula is C16H16N2O2. The third kappa shape index (κ3) is 3.23. The maximum atomic E-state index is 12.0. The molecule has 0 heterocycles. The molecule has 0 bridgehead atoms. The maximum absolute atomic E-state index is 12.0. The summed E-state index contributed by atoms with van der Waals surface area (Å²) in [5.74, 6) is -0.671. The van der Waals surface area contributed by atoms with Crippen LogP contribution in [0.1, 0.15) is 31.8 Å². The van der Waals surface area contributed by atoms with E-state index in [-0.39, 0.29) is 11.8 Å². The smallest absolute Gasteiger partial charge is 0.267 e. The number of aryl methyl sites for hydroxylation is 2. The van der Waals surface area contributed by atoms with Crippen LogP contribution in [0.3, 0.4) is 0 Å². The molecule has 4 heteroatoms. The Kier molecular flexibility index (Phi) is 4.15. The minimum absolute atomic E-state index is 0.327. The van der Waals surface area contributed by atoms with Gasteiger partial charge in [-0.3, -0.25) is 20.4 Å². The molecule has 0 aliphatic carbocycles. The monoisotopic (exact) mass is 268 g/mol. The van der Waals surface area contributed by atoms with Crippen LogP contribution in [0.15, 0.2) is 48.5 Å². The number of amides is 2. The van der Waals surface area contributed by atoms with E-state index in [0.717, 1.165) is 11.1 Å². The molecule has 2 amide bonds. The zero-order valence-electron chi connectivity index (χ0n) is 11.4. The molecule has 0 radical (unpaired) electrons. The quantitative estimate of drug-likeness (QED) is 0.822. The molecule has 2 N–H and O–H groups in total.